The molecule has 0 aliphatic heterocycles. The van der Waals surface area contributed by atoms with E-state index >= 15 is 0 Å². The average Bonchev–Trinajstić information content (AvgIpc) is 4.05. The van der Waals surface area contributed by atoms with E-state index in [-0.39, 0.29) is 0 Å². The predicted molar refractivity (Wildman–Crippen MR) is 275 cm³/mol. The number of rotatable bonds is 6. The Balaban J connectivity index is 1.03. The molecular weight excluding hydrogens is 819 g/mol. The number of fused-ring (bicyclic) bond motifs is 10. The monoisotopic (exact) mass is 855 g/mol. The maximum Gasteiger partial charge on any atom is 0.164 e. The van der Waals surface area contributed by atoms with Crippen LogP contribution in [-0.4, -0.2) is 24.1 Å². The average molecular weight is 856 g/mol. The fraction of sp³-hybridized carbons (Fsp3) is 0. The van der Waals surface area contributed by atoms with Crippen molar-refractivity contribution >= 4 is 76.3 Å². The molecule has 0 spiro atoms. The van der Waals surface area contributed by atoms with Crippen LogP contribution in [0.2, 0.25) is 0 Å². The molecule has 4 heterocycles. The molecule has 67 heavy (non-hydrogen) atoms. The molecular formula is C61H37N5O. The normalized spacial score (nSPS) is 11.9. The first-order valence-corrected chi connectivity index (χ1v) is 22.6. The van der Waals surface area contributed by atoms with E-state index in [9.17, 15) is 0 Å². The number of hydrogen-bond donors (Lipinski definition) is 0. The van der Waals surface area contributed by atoms with Gasteiger partial charge in [0.05, 0.1) is 27.8 Å². The highest BCUT2D eigenvalue weighted by Gasteiger charge is 2.23. The lowest BCUT2D eigenvalue weighted by Gasteiger charge is -2.13. The van der Waals surface area contributed by atoms with Crippen molar-refractivity contribution in [2.75, 3.05) is 0 Å². The van der Waals surface area contributed by atoms with E-state index in [1.807, 2.05) is 18.2 Å². The van der Waals surface area contributed by atoms with E-state index in [0.717, 1.165) is 94.0 Å². The maximum absolute atomic E-state index is 6.85. The van der Waals surface area contributed by atoms with Crippen LogP contribution in [0, 0.1) is 0 Å². The number of furan rings is 1. The van der Waals surface area contributed by atoms with E-state index < -0.39 is 0 Å². The predicted octanol–water partition coefficient (Wildman–Crippen LogP) is 15.8. The van der Waals surface area contributed by atoms with Gasteiger partial charge in [-0.3, -0.25) is 0 Å². The molecule has 4 aromatic heterocycles. The van der Waals surface area contributed by atoms with Gasteiger partial charge in [0, 0.05) is 54.7 Å². The van der Waals surface area contributed by atoms with Gasteiger partial charge in [-0.2, -0.15) is 0 Å². The van der Waals surface area contributed by atoms with Gasteiger partial charge in [0.15, 0.2) is 23.1 Å². The van der Waals surface area contributed by atoms with Gasteiger partial charge >= 0.3 is 0 Å². The van der Waals surface area contributed by atoms with E-state index in [1.54, 1.807) is 0 Å². The Morgan fingerprint density at radius 2 is 0.806 bits per heavy atom. The third-order valence-corrected chi connectivity index (χ3v) is 13.3. The Morgan fingerprint density at radius 3 is 1.55 bits per heavy atom. The number of benzene rings is 10. The Bertz CT molecular complexity index is 4260. The number of para-hydroxylation sites is 4. The van der Waals surface area contributed by atoms with Gasteiger partial charge in [-0.15, -0.1) is 0 Å². The minimum Gasteiger partial charge on any atom is -0.454 e. The highest BCUT2D eigenvalue weighted by atomic mass is 16.3. The smallest absolute Gasteiger partial charge is 0.164 e. The van der Waals surface area contributed by atoms with Gasteiger partial charge in [-0.25, -0.2) is 15.0 Å². The molecule has 0 fully saturated rings. The zero-order valence-corrected chi connectivity index (χ0v) is 36.0. The van der Waals surface area contributed by atoms with Gasteiger partial charge < -0.3 is 13.6 Å². The Morgan fingerprint density at radius 1 is 0.299 bits per heavy atom. The van der Waals surface area contributed by atoms with Crippen LogP contribution in [0.5, 0.6) is 0 Å². The molecule has 0 unspecified atom stereocenters. The van der Waals surface area contributed by atoms with Crippen LogP contribution in [0.3, 0.4) is 0 Å². The van der Waals surface area contributed by atoms with Crippen LogP contribution in [0.4, 0.5) is 0 Å². The Kier molecular flexibility index (Phi) is 8.18. The quantitative estimate of drug-likeness (QED) is 0.167. The van der Waals surface area contributed by atoms with Crippen LogP contribution in [0.25, 0.3) is 133 Å². The fourth-order valence-electron chi connectivity index (χ4n) is 10.2. The SMILES string of the molecule is c1ccc(-c2ccc(-c3nc(-c4cc(-n5c6ccccc6c6cc7ccccc7cc65)c5oc6ccccc6c5c4)nc(-c4ccc5c(c4)c4ccccc4n5-c4ccccc4)n3)cc2)cc1. The summed E-state index contributed by atoms with van der Waals surface area (Å²) >= 11 is 0. The van der Waals surface area contributed by atoms with E-state index in [1.165, 1.54) is 21.5 Å². The first kappa shape index (κ1) is 37.3. The van der Waals surface area contributed by atoms with Crippen LogP contribution < -0.4 is 0 Å². The molecule has 0 N–H and O–H groups in total. The third kappa shape index (κ3) is 5.93. The van der Waals surface area contributed by atoms with Crippen molar-refractivity contribution in [1.29, 1.82) is 0 Å². The van der Waals surface area contributed by atoms with Crippen LogP contribution >= 0.6 is 0 Å². The molecule has 0 radical (unpaired) electrons. The van der Waals surface area contributed by atoms with E-state index in [2.05, 4.69) is 215 Å². The highest BCUT2D eigenvalue weighted by Crippen LogP contribution is 2.42. The summed E-state index contributed by atoms with van der Waals surface area (Å²) in [6, 6.07) is 79.1. The first-order chi connectivity index (χ1) is 33.2. The standard InChI is InChI=1S/C61H37N5O/c1-3-15-38(16-4-1)39-27-29-40(30-28-39)59-62-60(43-31-32-54-49(34-43)46-21-9-12-24-52(46)65(54)45-19-5-2-6-20-45)64-61(63-59)44-35-51-48-23-11-14-26-57(48)67-58(51)56(37-44)66-53-25-13-10-22-47(53)50-33-41-17-7-8-18-42(41)36-55(50)66/h1-37H. The summed E-state index contributed by atoms with van der Waals surface area (Å²) in [6.07, 6.45) is 0. The number of nitrogens with zero attached hydrogens (tertiary/aromatic N) is 5. The second-order valence-corrected chi connectivity index (χ2v) is 17.2. The summed E-state index contributed by atoms with van der Waals surface area (Å²) < 4.78 is 11.5. The third-order valence-electron chi connectivity index (χ3n) is 13.3. The summed E-state index contributed by atoms with van der Waals surface area (Å²) in [5.41, 5.74) is 13.0. The van der Waals surface area contributed by atoms with Crippen LogP contribution in [0.15, 0.2) is 229 Å². The van der Waals surface area contributed by atoms with Gasteiger partial charge in [0.25, 0.3) is 0 Å². The van der Waals surface area contributed by atoms with Crippen LogP contribution in [-0.2, 0) is 0 Å². The highest BCUT2D eigenvalue weighted by molar-refractivity contribution is 6.16. The molecule has 14 rings (SSSR count). The Hall–Kier alpha value is -9.13. The molecule has 0 atom stereocenters. The van der Waals surface area contributed by atoms with Gasteiger partial charge in [0.2, 0.25) is 0 Å². The Labute approximate surface area is 384 Å². The zero-order chi connectivity index (χ0) is 44.0. The van der Waals surface area contributed by atoms with Crippen LogP contribution in [0.1, 0.15) is 0 Å². The minimum atomic E-state index is 0.568. The largest absolute Gasteiger partial charge is 0.454 e. The van der Waals surface area contributed by atoms with Crippen molar-refractivity contribution in [3.8, 4) is 56.7 Å². The molecule has 0 saturated carbocycles. The van der Waals surface area contributed by atoms with Crippen molar-refractivity contribution in [3.05, 3.63) is 224 Å². The molecule has 0 bridgehead atoms. The summed E-state index contributed by atoms with van der Waals surface area (Å²) in [5.74, 6) is 1.75. The lowest BCUT2D eigenvalue weighted by atomic mass is 10.0. The fourth-order valence-corrected chi connectivity index (χ4v) is 10.2. The molecule has 0 aliphatic rings. The molecule has 312 valence electrons. The molecule has 14 aromatic rings. The van der Waals surface area contributed by atoms with E-state index in [4.69, 9.17) is 19.4 Å². The lowest BCUT2D eigenvalue weighted by Crippen LogP contribution is -2.02. The molecule has 6 heteroatoms. The van der Waals surface area contributed by atoms with Gasteiger partial charge in [-0.1, -0.05) is 152 Å². The summed E-state index contributed by atoms with van der Waals surface area (Å²) in [6.45, 7) is 0. The van der Waals surface area contributed by atoms with E-state index in [0.29, 0.717) is 17.5 Å². The summed E-state index contributed by atoms with van der Waals surface area (Å²) in [4.78, 5) is 16.0. The summed E-state index contributed by atoms with van der Waals surface area (Å²) in [5, 5.41) is 9.02. The molecule has 0 aliphatic carbocycles. The van der Waals surface area contributed by atoms with Crippen molar-refractivity contribution in [3.63, 3.8) is 0 Å². The zero-order valence-electron chi connectivity index (χ0n) is 36.0. The minimum absolute atomic E-state index is 0.568. The topological polar surface area (TPSA) is 61.7 Å². The second-order valence-electron chi connectivity index (χ2n) is 17.2. The molecule has 6 nitrogen and oxygen atoms in total. The molecule has 10 aromatic carbocycles. The number of hydrogen-bond acceptors (Lipinski definition) is 4. The molecule has 0 amide bonds. The van der Waals surface area contributed by atoms with Gasteiger partial charge in [0.1, 0.15) is 5.58 Å². The van der Waals surface area contributed by atoms with Crippen molar-refractivity contribution in [2.45, 2.75) is 0 Å². The lowest BCUT2D eigenvalue weighted by molar-refractivity contribution is 0.666. The van der Waals surface area contributed by atoms with Crippen molar-refractivity contribution in [2.24, 2.45) is 0 Å². The second kappa shape index (κ2) is 14.7. The van der Waals surface area contributed by atoms with Crippen molar-refractivity contribution in [1.82, 2.24) is 24.1 Å². The first-order valence-electron chi connectivity index (χ1n) is 22.6. The molecule has 0 saturated heterocycles. The van der Waals surface area contributed by atoms with Gasteiger partial charge in [-0.05, 0) is 94.7 Å². The number of aromatic nitrogens is 5. The summed E-state index contributed by atoms with van der Waals surface area (Å²) in [7, 11) is 0. The van der Waals surface area contributed by atoms with Crippen molar-refractivity contribution < 1.29 is 4.42 Å². The maximum atomic E-state index is 6.85.